The first-order valence-corrected chi connectivity index (χ1v) is 5.27. The topological polar surface area (TPSA) is 33.0 Å². The van der Waals surface area contributed by atoms with E-state index in [1.165, 1.54) is 0 Å². The Kier molecular flexibility index (Phi) is 3.76. The molecule has 0 aliphatic heterocycles. The van der Waals surface area contributed by atoms with Gasteiger partial charge in [0.05, 0.1) is 13.2 Å². The minimum Gasteiger partial charge on any atom is -0.497 e. The summed E-state index contributed by atoms with van der Waals surface area (Å²) in [4.78, 5) is -0.308. The smallest absolute Gasteiger partial charge is 0.127 e. The summed E-state index contributed by atoms with van der Waals surface area (Å²) in [5.74, 6) is 0.748. The number of ether oxygens (including phenoxy) is 1. The number of nitrogens with zero attached hydrogens (tertiary/aromatic N) is 1. The first kappa shape index (κ1) is 10.6. The summed E-state index contributed by atoms with van der Waals surface area (Å²) >= 11 is 6.62. The molecule has 0 aliphatic rings. The summed E-state index contributed by atoms with van der Waals surface area (Å²) in [5, 5.41) is 8.72. The number of hydrogen-bond donors (Lipinski definition) is 0. The number of rotatable bonds is 2. The molecule has 0 aliphatic carbocycles. The Morgan fingerprint density at radius 3 is 2.77 bits per heavy atom. The number of methoxy groups -OCH3 is 1. The average Bonchev–Trinajstić information content (AvgIpc) is 2.17. The maximum atomic E-state index is 8.72. The lowest BCUT2D eigenvalue weighted by Crippen LogP contribution is -1.90. The largest absolute Gasteiger partial charge is 0.497 e. The van der Waals surface area contributed by atoms with Crippen molar-refractivity contribution in [3.05, 3.63) is 28.2 Å². The molecule has 4 heteroatoms. The molecule has 0 saturated carbocycles. The second-order valence-corrected chi connectivity index (χ2v) is 4.15. The van der Waals surface area contributed by atoms with Crippen LogP contribution in [0.5, 0.6) is 5.75 Å². The first-order chi connectivity index (χ1) is 6.19. The Bertz CT molecular complexity index is 346. The predicted octanol–water partition coefficient (Wildman–Crippen LogP) is 3.42. The summed E-state index contributed by atoms with van der Waals surface area (Å²) in [5.41, 5.74) is 0.877. The molecule has 0 saturated heterocycles. The van der Waals surface area contributed by atoms with Gasteiger partial charge in [-0.1, -0.05) is 31.9 Å². The molecule has 1 atom stereocenters. The van der Waals surface area contributed by atoms with Gasteiger partial charge in [-0.3, -0.25) is 0 Å². The summed E-state index contributed by atoms with van der Waals surface area (Å²) in [7, 11) is 1.60. The van der Waals surface area contributed by atoms with Crippen LogP contribution in [0.15, 0.2) is 22.7 Å². The van der Waals surface area contributed by atoms with Crippen LogP contribution in [-0.2, 0) is 0 Å². The quantitative estimate of drug-likeness (QED) is 0.784. The average molecular weight is 305 g/mol. The number of alkyl halides is 1. The van der Waals surface area contributed by atoms with Crippen LogP contribution in [0.1, 0.15) is 10.4 Å². The van der Waals surface area contributed by atoms with Gasteiger partial charge in [0, 0.05) is 4.47 Å². The van der Waals surface area contributed by atoms with Gasteiger partial charge < -0.3 is 4.74 Å². The molecule has 0 N–H and O–H groups in total. The molecule has 0 amide bonds. The van der Waals surface area contributed by atoms with Gasteiger partial charge in [-0.05, 0) is 23.8 Å². The molecular weight excluding hydrogens is 298 g/mol. The fourth-order valence-corrected chi connectivity index (χ4v) is 2.07. The van der Waals surface area contributed by atoms with Gasteiger partial charge in [-0.25, -0.2) is 0 Å². The van der Waals surface area contributed by atoms with E-state index in [0.29, 0.717) is 0 Å². The molecule has 2 nitrogen and oxygen atoms in total. The van der Waals surface area contributed by atoms with Crippen molar-refractivity contribution in [3.63, 3.8) is 0 Å². The minimum absolute atomic E-state index is 0.308. The monoisotopic (exact) mass is 303 g/mol. The van der Waals surface area contributed by atoms with E-state index < -0.39 is 0 Å². The number of benzene rings is 1. The Hall–Kier alpha value is -0.530. The van der Waals surface area contributed by atoms with Crippen LogP contribution in [0.2, 0.25) is 0 Å². The van der Waals surface area contributed by atoms with Gasteiger partial charge in [-0.15, -0.1) is 0 Å². The van der Waals surface area contributed by atoms with Crippen LogP contribution >= 0.6 is 31.9 Å². The van der Waals surface area contributed by atoms with Crippen LogP contribution in [0, 0.1) is 11.3 Å². The molecule has 13 heavy (non-hydrogen) atoms. The minimum atomic E-state index is -0.308. The Labute approximate surface area is 93.8 Å². The van der Waals surface area contributed by atoms with Crippen LogP contribution < -0.4 is 4.74 Å². The molecule has 68 valence electrons. The Morgan fingerprint density at radius 2 is 2.23 bits per heavy atom. The van der Waals surface area contributed by atoms with Crippen molar-refractivity contribution in [2.75, 3.05) is 7.11 Å². The van der Waals surface area contributed by atoms with E-state index in [1.54, 1.807) is 7.11 Å². The SMILES string of the molecule is COc1ccc(Br)c(C(Br)C#N)c1. The lowest BCUT2D eigenvalue weighted by molar-refractivity contribution is 0.414. The molecule has 0 spiro atoms. The van der Waals surface area contributed by atoms with Crippen LogP contribution in [0.4, 0.5) is 0 Å². The maximum Gasteiger partial charge on any atom is 0.127 e. The van der Waals surface area contributed by atoms with Crippen molar-refractivity contribution < 1.29 is 4.74 Å². The summed E-state index contributed by atoms with van der Waals surface area (Å²) in [6.07, 6.45) is 0. The standard InChI is InChI=1S/C9H7Br2NO/c1-13-6-2-3-8(10)7(4-6)9(11)5-12/h2-4,9H,1H3. The van der Waals surface area contributed by atoms with E-state index in [-0.39, 0.29) is 4.83 Å². The van der Waals surface area contributed by atoms with Crippen molar-refractivity contribution >= 4 is 31.9 Å². The first-order valence-electron chi connectivity index (χ1n) is 3.56. The van der Waals surface area contributed by atoms with Crippen LogP contribution in [0.25, 0.3) is 0 Å². The summed E-state index contributed by atoms with van der Waals surface area (Å²) < 4.78 is 5.95. The van der Waals surface area contributed by atoms with Crippen LogP contribution in [-0.4, -0.2) is 7.11 Å². The highest BCUT2D eigenvalue weighted by molar-refractivity contribution is 9.11. The molecule has 0 radical (unpaired) electrons. The molecule has 0 fully saturated rings. The molecule has 0 aromatic heterocycles. The van der Waals surface area contributed by atoms with E-state index in [9.17, 15) is 0 Å². The number of halogens is 2. The van der Waals surface area contributed by atoms with Crippen molar-refractivity contribution in [1.29, 1.82) is 5.26 Å². The zero-order valence-electron chi connectivity index (χ0n) is 6.92. The molecule has 1 unspecified atom stereocenters. The lowest BCUT2D eigenvalue weighted by atomic mass is 10.1. The van der Waals surface area contributed by atoms with Crippen molar-refractivity contribution in [2.45, 2.75) is 4.83 Å². The third-order valence-corrected chi connectivity index (χ3v) is 3.01. The van der Waals surface area contributed by atoms with Gasteiger partial charge in [0.1, 0.15) is 10.6 Å². The van der Waals surface area contributed by atoms with Crippen LogP contribution in [0.3, 0.4) is 0 Å². The maximum absolute atomic E-state index is 8.72. The van der Waals surface area contributed by atoms with E-state index in [2.05, 4.69) is 37.9 Å². The summed E-state index contributed by atoms with van der Waals surface area (Å²) in [6.45, 7) is 0. The zero-order chi connectivity index (χ0) is 9.84. The third kappa shape index (κ3) is 2.45. The zero-order valence-corrected chi connectivity index (χ0v) is 10.1. The number of hydrogen-bond acceptors (Lipinski definition) is 2. The molecular formula is C9H7Br2NO. The van der Waals surface area contributed by atoms with Gasteiger partial charge in [0.25, 0.3) is 0 Å². The van der Waals surface area contributed by atoms with Crippen molar-refractivity contribution in [3.8, 4) is 11.8 Å². The second-order valence-electron chi connectivity index (χ2n) is 2.38. The Balaban J connectivity index is 3.12. The van der Waals surface area contributed by atoms with E-state index in [1.807, 2.05) is 18.2 Å². The molecule has 1 rings (SSSR count). The van der Waals surface area contributed by atoms with Gasteiger partial charge in [0.15, 0.2) is 0 Å². The highest BCUT2D eigenvalue weighted by Crippen LogP contribution is 2.31. The highest BCUT2D eigenvalue weighted by atomic mass is 79.9. The normalized spacial score (nSPS) is 11.8. The van der Waals surface area contributed by atoms with E-state index in [4.69, 9.17) is 10.00 Å². The lowest BCUT2D eigenvalue weighted by Gasteiger charge is -2.07. The molecule has 0 bridgehead atoms. The van der Waals surface area contributed by atoms with Gasteiger partial charge >= 0.3 is 0 Å². The van der Waals surface area contributed by atoms with E-state index >= 15 is 0 Å². The Morgan fingerprint density at radius 1 is 1.54 bits per heavy atom. The predicted molar refractivity (Wildman–Crippen MR) is 58.0 cm³/mol. The fourth-order valence-electron chi connectivity index (χ4n) is 0.913. The molecule has 0 heterocycles. The molecule has 1 aromatic rings. The second kappa shape index (κ2) is 4.64. The highest BCUT2D eigenvalue weighted by Gasteiger charge is 2.10. The van der Waals surface area contributed by atoms with Gasteiger partial charge in [-0.2, -0.15) is 5.26 Å². The van der Waals surface area contributed by atoms with Gasteiger partial charge in [0.2, 0.25) is 0 Å². The third-order valence-electron chi connectivity index (χ3n) is 1.59. The van der Waals surface area contributed by atoms with E-state index in [0.717, 1.165) is 15.8 Å². The molecule has 1 aromatic carbocycles. The number of nitriles is 1. The fraction of sp³-hybridized carbons (Fsp3) is 0.222. The van der Waals surface area contributed by atoms with Crippen molar-refractivity contribution in [2.24, 2.45) is 0 Å². The van der Waals surface area contributed by atoms with Crippen molar-refractivity contribution in [1.82, 2.24) is 0 Å². The summed E-state index contributed by atoms with van der Waals surface area (Å²) in [6, 6.07) is 7.63.